The maximum absolute atomic E-state index is 11.6. The number of carbonyl (C=O) groups excluding carboxylic acids is 1. The van der Waals surface area contributed by atoms with Gasteiger partial charge in [0.1, 0.15) is 17.9 Å². The summed E-state index contributed by atoms with van der Waals surface area (Å²) in [5, 5.41) is 7.28. The van der Waals surface area contributed by atoms with Crippen LogP contribution < -0.4 is 5.32 Å². The molecule has 0 bridgehead atoms. The summed E-state index contributed by atoms with van der Waals surface area (Å²) in [6.07, 6.45) is 6.63. The number of aromatic nitrogens is 5. The highest BCUT2D eigenvalue weighted by Crippen LogP contribution is 2.16. The molecular weight excluding hydrogens is 282 g/mol. The molecule has 0 aromatic carbocycles. The fourth-order valence-electron chi connectivity index (χ4n) is 1.87. The maximum Gasteiger partial charge on any atom is 0.243 e. The van der Waals surface area contributed by atoms with Gasteiger partial charge in [0.05, 0.1) is 11.9 Å². The zero-order chi connectivity index (χ0) is 15.5. The number of hydrogen-bond acceptors (Lipinski definition) is 6. The molecule has 0 saturated carbocycles. The van der Waals surface area contributed by atoms with Gasteiger partial charge in [0.2, 0.25) is 5.91 Å². The van der Waals surface area contributed by atoms with E-state index in [0.29, 0.717) is 11.5 Å². The van der Waals surface area contributed by atoms with Crippen molar-refractivity contribution >= 4 is 28.6 Å². The van der Waals surface area contributed by atoms with Crippen molar-refractivity contribution in [2.24, 2.45) is 0 Å². The van der Waals surface area contributed by atoms with E-state index in [4.69, 9.17) is 0 Å². The number of likely N-dealkylation sites (N-methyl/N-ethyl adjacent to an activating group) is 1. The fraction of sp³-hybridized carbons (Fsp3) is 0.214. The number of nitrogens with one attached hydrogen (secondary N) is 1. The van der Waals surface area contributed by atoms with Gasteiger partial charge in [0.15, 0.2) is 5.65 Å². The van der Waals surface area contributed by atoms with Crippen LogP contribution in [-0.4, -0.2) is 49.6 Å². The van der Waals surface area contributed by atoms with Gasteiger partial charge in [0.25, 0.3) is 0 Å². The quantitative estimate of drug-likeness (QED) is 0.774. The van der Waals surface area contributed by atoms with Gasteiger partial charge in [-0.05, 0) is 12.1 Å². The Morgan fingerprint density at radius 3 is 2.91 bits per heavy atom. The molecule has 3 rings (SSSR count). The Morgan fingerprint density at radius 1 is 1.27 bits per heavy atom. The summed E-state index contributed by atoms with van der Waals surface area (Å²) in [5.41, 5.74) is 2.06. The van der Waals surface area contributed by atoms with Crippen molar-refractivity contribution in [1.82, 2.24) is 29.6 Å². The summed E-state index contributed by atoms with van der Waals surface area (Å²) in [5.74, 6) is 0.625. The Labute approximate surface area is 126 Å². The van der Waals surface area contributed by atoms with Crippen LogP contribution in [0, 0.1) is 0 Å². The summed E-state index contributed by atoms with van der Waals surface area (Å²) in [6, 6.07) is 3.66. The first-order valence-corrected chi connectivity index (χ1v) is 6.69. The molecule has 0 aliphatic rings. The molecule has 112 valence electrons. The highest BCUT2D eigenvalue weighted by molar-refractivity contribution is 5.75. The zero-order valence-corrected chi connectivity index (χ0v) is 12.3. The van der Waals surface area contributed by atoms with Crippen LogP contribution >= 0.6 is 0 Å². The van der Waals surface area contributed by atoms with Crippen LogP contribution in [0.5, 0.6) is 0 Å². The van der Waals surface area contributed by atoms with Gasteiger partial charge in [0, 0.05) is 32.7 Å². The van der Waals surface area contributed by atoms with Crippen LogP contribution in [0.2, 0.25) is 0 Å². The van der Waals surface area contributed by atoms with E-state index in [1.165, 1.54) is 4.90 Å². The maximum atomic E-state index is 11.6. The lowest BCUT2D eigenvalue weighted by molar-refractivity contribution is -0.129. The second kappa shape index (κ2) is 5.76. The van der Waals surface area contributed by atoms with Gasteiger partial charge in [-0.25, -0.2) is 9.97 Å². The number of fused-ring (bicyclic) bond motifs is 1. The average Bonchev–Trinajstić information content (AvgIpc) is 2.94. The predicted octanol–water partition coefficient (Wildman–Crippen LogP) is 1.05. The highest BCUT2D eigenvalue weighted by atomic mass is 16.2. The van der Waals surface area contributed by atoms with Gasteiger partial charge in [-0.15, -0.1) is 0 Å². The predicted molar refractivity (Wildman–Crippen MR) is 81.5 cm³/mol. The smallest absolute Gasteiger partial charge is 0.243 e. The largest absolute Gasteiger partial charge is 0.347 e. The Bertz CT molecular complexity index is 812. The molecule has 0 spiro atoms. The Kier molecular flexibility index (Phi) is 3.65. The van der Waals surface area contributed by atoms with Crippen molar-refractivity contribution in [3.05, 3.63) is 36.9 Å². The van der Waals surface area contributed by atoms with Crippen LogP contribution in [0.15, 0.2) is 36.9 Å². The van der Waals surface area contributed by atoms with E-state index in [1.807, 2.05) is 12.1 Å². The number of rotatable bonds is 4. The molecular formula is C14H15N7O. The van der Waals surface area contributed by atoms with E-state index in [2.05, 4.69) is 25.4 Å². The molecule has 3 heterocycles. The van der Waals surface area contributed by atoms with Crippen molar-refractivity contribution in [3.63, 3.8) is 0 Å². The molecule has 8 nitrogen and oxygen atoms in total. The highest BCUT2D eigenvalue weighted by Gasteiger charge is 2.07. The second-order valence-corrected chi connectivity index (χ2v) is 4.94. The summed E-state index contributed by atoms with van der Waals surface area (Å²) in [7, 11) is 3.43. The SMILES string of the molecule is CN(C)C(=O)Cn1cc(Nc2ccc3nccnc3n2)cn1. The van der Waals surface area contributed by atoms with Crippen LogP contribution in [0.3, 0.4) is 0 Å². The molecule has 1 amide bonds. The van der Waals surface area contributed by atoms with Crippen molar-refractivity contribution < 1.29 is 4.79 Å². The molecule has 3 aromatic heterocycles. The van der Waals surface area contributed by atoms with E-state index in [0.717, 1.165) is 11.2 Å². The monoisotopic (exact) mass is 297 g/mol. The Morgan fingerprint density at radius 2 is 2.09 bits per heavy atom. The first-order chi connectivity index (χ1) is 10.6. The zero-order valence-electron chi connectivity index (χ0n) is 12.3. The minimum absolute atomic E-state index is 0.0197. The van der Waals surface area contributed by atoms with Crippen molar-refractivity contribution in [3.8, 4) is 0 Å². The van der Waals surface area contributed by atoms with Gasteiger partial charge in [-0.2, -0.15) is 5.10 Å². The number of anilines is 2. The molecule has 0 unspecified atom stereocenters. The third-order valence-electron chi connectivity index (χ3n) is 3.03. The summed E-state index contributed by atoms with van der Waals surface area (Å²) in [4.78, 5) is 25.9. The van der Waals surface area contributed by atoms with Crippen molar-refractivity contribution in [2.75, 3.05) is 19.4 Å². The van der Waals surface area contributed by atoms with Crippen molar-refractivity contribution in [2.45, 2.75) is 6.54 Å². The minimum Gasteiger partial charge on any atom is -0.347 e. The average molecular weight is 297 g/mol. The molecule has 0 radical (unpaired) electrons. The third kappa shape index (κ3) is 3.00. The molecule has 0 aliphatic carbocycles. The van der Waals surface area contributed by atoms with E-state index in [-0.39, 0.29) is 12.5 Å². The van der Waals surface area contributed by atoms with E-state index >= 15 is 0 Å². The van der Waals surface area contributed by atoms with Gasteiger partial charge >= 0.3 is 0 Å². The fourth-order valence-corrected chi connectivity index (χ4v) is 1.87. The molecule has 0 saturated heterocycles. The van der Waals surface area contributed by atoms with Crippen molar-refractivity contribution in [1.29, 1.82) is 0 Å². The molecule has 1 N–H and O–H groups in total. The summed E-state index contributed by atoms with van der Waals surface area (Å²) < 4.78 is 1.57. The van der Waals surface area contributed by atoms with E-state index < -0.39 is 0 Å². The number of pyridine rings is 1. The van der Waals surface area contributed by atoms with E-state index in [9.17, 15) is 4.79 Å². The molecule has 8 heteroatoms. The van der Waals surface area contributed by atoms with Gasteiger partial charge < -0.3 is 10.2 Å². The number of hydrogen-bond donors (Lipinski definition) is 1. The lowest BCUT2D eigenvalue weighted by Crippen LogP contribution is -2.26. The van der Waals surface area contributed by atoms with Gasteiger partial charge in [-0.1, -0.05) is 0 Å². The molecule has 3 aromatic rings. The normalized spacial score (nSPS) is 10.6. The van der Waals surface area contributed by atoms with Crippen LogP contribution in [-0.2, 0) is 11.3 Å². The van der Waals surface area contributed by atoms with Crippen LogP contribution in [0.25, 0.3) is 11.2 Å². The topological polar surface area (TPSA) is 88.8 Å². The summed E-state index contributed by atoms with van der Waals surface area (Å²) in [6.45, 7) is 0.200. The lowest BCUT2D eigenvalue weighted by atomic mass is 10.4. The lowest BCUT2D eigenvalue weighted by Gasteiger charge is -2.09. The van der Waals surface area contributed by atoms with Gasteiger partial charge in [-0.3, -0.25) is 14.5 Å². The van der Waals surface area contributed by atoms with Crippen LogP contribution in [0.4, 0.5) is 11.5 Å². The minimum atomic E-state index is -0.0197. The number of amides is 1. The first-order valence-electron chi connectivity index (χ1n) is 6.69. The first kappa shape index (κ1) is 13.9. The Balaban J connectivity index is 1.75. The standard InChI is InChI=1S/C14H15N7O/c1-20(2)13(22)9-21-8-10(7-17-21)18-12-4-3-11-14(19-12)16-6-5-15-11/h3-8H,9H2,1-2H3,(H,16,18,19). The number of carbonyl (C=O) groups is 1. The Hall–Kier alpha value is -3.03. The second-order valence-electron chi connectivity index (χ2n) is 4.94. The summed E-state index contributed by atoms with van der Waals surface area (Å²) >= 11 is 0. The molecule has 0 atom stereocenters. The third-order valence-corrected chi connectivity index (χ3v) is 3.03. The van der Waals surface area contributed by atoms with Crippen LogP contribution in [0.1, 0.15) is 0 Å². The molecule has 22 heavy (non-hydrogen) atoms. The molecule has 0 aliphatic heterocycles. The number of nitrogens with zero attached hydrogens (tertiary/aromatic N) is 6. The van der Waals surface area contributed by atoms with E-state index in [1.54, 1.807) is 43.6 Å². The molecule has 0 fully saturated rings.